The highest BCUT2D eigenvalue weighted by atomic mass is 32.1. The molecule has 2 unspecified atom stereocenters. The van der Waals surface area contributed by atoms with Crippen molar-refractivity contribution in [2.24, 2.45) is 0 Å². The van der Waals surface area contributed by atoms with Crippen LogP contribution in [-0.4, -0.2) is 46.8 Å². The van der Waals surface area contributed by atoms with Crippen molar-refractivity contribution in [2.45, 2.75) is 32.4 Å². The van der Waals surface area contributed by atoms with Crippen molar-refractivity contribution >= 4 is 33.7 Å². The SMILES string of the molecule is CCc1cc2c(N3CCN(C(C=O)c4ccccc4)CC3C)ncnc2s1. The van der Waals surface area contributed by atoms with Crippen molar-refractivity contribution in [3.63, 3.8) is 0 Å². The number of piperazine rings is 1. The Morgan fingerprint density at radius 2 is 2.07 bits per heavy atom. The Morgan fingerprint density at radius 3 is 2.78 bits per heavy atom. The summed E-state index contributed by atoms with van der Waals surface area (Å²) in [6.07, 6.45) is 3.75. The molecule has 140 valence electrons. The van der Waals surface area contributed by atoms with Crippen LogP contribution in [-0.2, 0) is 11.2 Å². The van der Waals surface area contributed by atoms with E-state index < -0.39 is 0 Å². The van der Waals surface area contributed by atoms with Gasteiger partial charge in [-0.3, -0.25) is 4.90 Å². The van der Waals surface area contributed by atoms with Crippen LogP contribution in [0.3, 0.4) is 0 Å². The zero-order chi connectivity index (χ0) is 18.8. The summed E-state index contributed by atoms with van der Waals surface area (Å²) in [6, 6.07) is 12.3. The number of carbonyl (C=O) groups excluding carboxylic acids is 1. The maximum Gasteiger partial charge on any atom is 0.141 e. The molecular weight excluding hydrogens is 356 g/mol. The van der Waals surface area contributed by atoms with Gasteiger partial charge >= 0.3 is 0 Å². The van der Waals surface area contributed by atoms with E-state index in [4.69, 9.17) is 0 Å². The Labute approximate surface area is 163 Å². The molecule has 5 nitrogen and oxygen atoms in total. The van der Waals surface area contributed by atoms with E-state index in [2.05, 4.69) is 39.7 Å². The lowest BCUT2D eigenvalue weighted by molar-refractivity contribution is -0.112. The number of benzene rings is 1. The molecule has 1 aromatic carbocycles. The van der Waals surface area contributed by atoms with Crippen LogP contribution in [0.1, 0.15) is 30.3 Å². The van der Waals surface area contributed by atoms with E-state index in [9.17, 15) is 4.79 Å². The Morgan fingerprint density at radius 1 is 1.26 bits per heavy atom. The Kier molecular flexibility index (Phi) is 5.18. The van der Waals surface area contributed by atoms with Gasteiger partial charge in [0.2, 0.25) is 0 Å². The summed E-state index contributed by atoms with van der Waals surface area (Å²) >= 11 is 1.75. The van der Waals surface area contributed by atoms with Crippen LogP contribution >= 0.6 is 11.3 Å². The average Bonchev–Trinajstić information content (AvgIpc) is 3.13. The molecule has 2 atom stereocenters. The van der Waals surface area contributed by atoms with Gasteiger partial charge in [0.25, 0.3) is 0 Å². The third kappa shape index (κ3) is 3.47. The minimum absolute atomic E-state index is 0.186. The number of aromatic nitrogens is 2. The average molecular weight is 381 g/mol. The van der Waals surface area contributed by atoms with Crippen LogP contribution < -0.4 is 4.90 Å². The standard InChI is InChI=1S/C21H24N4OS/c1-3-17-11-18-20(22-14-23-21(18)27-17)25-10-9-24(12-15(25)2)19(13-26)16-7-5-4-6-8-16/h4-8,11,13-15,19H,3,9-10,12H2,1-2H3. The Balaban J connectivity index is 1.57. The second-order valence-corrected chi connectivity index (χ2v) is 8.13. The maximum absolute atomic E-state index is 11.8. The third-order valence-corrected chi connectivity index (χ3v) is 6.49. The number of anilines is 1. The predicted octanol–water partition coefficient (Wildman–Crippen LogP) is 3.70. The van der Waals surface area contributed by atoms with Gasteiger partial charge in [-0.25, -0.2) is 9.97 Å². The van der Waals surface area contributed by atoms with Crippen molar-refractivity contribution in [1.82, 2.24) is 14.9 Å². The molecule has 1 fully saturated rings. The number of rotatable bonds is 5. The molecule has 0 aliphatic carbocycles. The molecule has 0 radical (unpaired) electrons. The highest BCUT2D eigenvalue weighted by Crippen LogP contribution is 2.33. The largest absolute Gasteiger partial charge is 0.351 e. The number of thiophene rings is 1. The molecule has 6 heteroatoms. The first-order chi connectivity index (χ1) is 13.2. The number of aryl methyl sites for hydroxylation is 1. The summed E-state index contributed by atoms with van der Waals surface area (Å²) in [5.41, 5.74) is 1.06. The van der Waals surface area contributed by atoms with Gasteiger partial charge in [0.1, 0.15) is 23.3 Å². The van der Waals surface area contributed by atoms with E-state index in [1.54, 1.807) is 17.7 Å². The highest BCUT2D eigenvalue weighted by Gasteiger charge is 2.30. The zero-order valence-electron chi connectivity index (χ0n) is 15.7. The van der Waals surface area contributed by atoms with E-state index in [0.717, 1.165) is 53.9 Å². The van der Waals surface area contributed by atoms with Gasteiger partial charge < -0.3 is 9.69 Å². The maximum atomic E-state index is 11.8. The minimum atomic E-state index is -0.186. The fourth-order valence-electron chi connectivity index (χ4n) is 3.87. The van der Waals surface area contributed by atoms with E-state index in [1.807, 2.05) is 30.3 Å². The van der Waals surface area contributed by atoms with Gasteiger partial charge in [0.05, 0.1) is 11.4 Å². The van der Waals surface area contributed by atoms with E-state index in [0.29, 0.717) is 0 Å². The summed E-state index contributed by atoms with van der Waals surface area (Å²) in [4.78, 5) is 27.9. The molecule has 0 spiro atoms. The van der Waals surface area contributed by atoms with E-state index >= 15 is 0 Å². The summed E-state index contributed by atoms with van der Waals surface area (Å²) in [5.74, 6) is 1.02. The van der Waals surface area contributed by atoms with Gasteiger partial charge in [0, 0.05) is 30.6 Å². The van der Waals surface area contributed by atoms with Crippen LogP contribution in [0, 0.1) is 0 Å². The summed E-state index contributed by atoms with van der Waals surface area (Å²) in [6.45, 7) is 6.89. The molecule has 27 heavy (non-hydrogen) atoms. The number of aldehydes is 1. The first kappa shape index (κ1) is 18.1. The van der Waals surface area contributed by atoms with Crippen LogP contribution in [0.4, 0.5) is 5.82 Å². The van der Waals surface area contributed by atoms with Crippen molar-refractivity contribution < 1.29 is 4.79 Å². The normalized spacial score (nSPS) is 19.3. The number of fused-ring (bicyclic) bond motifs is 1. The molecule has 0 saturated carbocycles. The molecule has 3 heterocycles. The van der Waals surface area contributed by atoms with Crippen LogP contribution in [0.5, 0.6) is 0 Å². The molecule has 1 saturated heterocycles. The van der Waals surface area contributed by atoms with Gasteiger partial charge in [-0.1, -0.05) is 37.3 Å². The van der Waals surface area contributed by atoms with Gasteiger partial charge in [-0.2, -0.15) is 0 Å². The fourth-order valence-corrected chi connectivity index (χ4v) is 4.80. The molecule has 0 amide bonds. The molecule has 0 bridgehead atoms. The number of hydrogen-bond acceptors (Lipinski definition) is 6. The first-order valence-corrected chi connectivity index (χ1v) is 10.3. The highest BCUT2D eigenvalue weighted by molar-refractivity contribution is 7.18. The molecule has 3 aromatic rings. The van der Waals surface area contributed by atoms with Crippen molar-refractivity contribution in [3.05, 3.63) is 53.2 Å². The molecular formula is C21H24N4OS. The summed E-state index contributed by atoms with van der Waals surface area (Å²) in [5, 5.41) is 1.15. The van der Waals surface area contributed by atoms with Crippen molar-refractivity contribution in [1.29, 1.82) is 0 Å². The molecule has 0 N–H and O–H groups in total. The lowest BCUT2D eigenvalue weighted by Crippen LogP contribution is -2.53. The van der Waals surface area contributed by atoms with E-state index in [-0.39, 0.29) is 12.1 Å². The van der Waals surface area contributed by atoms with Gasteiger partial charge in [-0.05, 0) is 25.0 Å². The smallest absolute Gasteiger partial charge is 0.141 e. The van der Waals surface area contributed by atoms with E-state index in [1.165, 1.54) is 4.88 Å². The molecule has 1 aliphatic heterocycles. The second kappa shape index (κ2) is 7.74. The lowest BCUT2D eigenvalue weighted by Gasteiger charge is -2.42. The molecule has 1 aliphatic rings. The number of carbonyl (C=O) groups is 1. The second-order valence-electron chi connectivity index (χ2n) is 7.01. The Hall–Kier alpha value is -2.31. The molecule has 2 aromatic heterocycles. The van der Waals surface area contributed by atoms with Crippen molar-refractivity contribution in [2.75, 3.05) is 24.5 Å². The van der Waals surface area contributed by atoms with Gasteiger partial charge in [-0.15, -0.1) is 11.3 Å². The quantitative estimate of drug-likeness (QED) is 0.632. The van der Waals surface area contributed by atoms with Gasteiger partial charge in [0.15, 0.2) is 0 Å². The summed E-state index contributed by atoms with van der Waals surface area (Å²) in [7, 11) is 0. The lowest BCUT2D eigenvalue weighted by atomic mass is 10.0. The third-order valence-electron chi connectivity index (χ3n) is 5.30. The first-order valence-electron chi connectivity index (χ1n) is 9.45. The van der Waals surface area contributed by atoms with Crippen LogP contribution in [0.25, 0.3) is 10.2 Å². The molecule has 4 rings (SSSR count). The number of hydrogen-bond donors (Lipinski definition) is 0. The topological polar surface area (TPSA) is 49.3 Å². The van der Waals surface area contributed by atoms with Crippen LogP contribution in [0.2, 0.25) is 0 Å². The number of nitrogens with zero attached hydrogens (tertiary/aromatic N) is 4. The fraction of sp³-hybridized carbons (Fsp3) is 0.381. The zero-order valence-corrected chi connectivity index (χ0v) is 16.5. The van der Waals surface area contributed by atoms with Crippen molar-refractivity contribution in [3.8, 4) is 0 Å². The summed E-state index contributed by atoms with van der Waals surface area (Å²) < 4.78 is 0. The predicted molar refractivity (Wildman–Crippen MR) is 110 cm³/mol. The Bertz CT molecular complexity index is 926. The monoisotopic (exact) mass is 380 g/mol. The van der Waals surface area contributed by atoms with Crippen LogP contribution in [0.15, 0.2) is 42.7 Å². The minimum Gasteiger partial charge on any atom is -0.351 e.